The van der Waals surface area contributed by atoms with Crippen molar-refractivity contribution in [3.8, 4) is 0 Å². The Hall–Kier alpha value is 0.230. The first-order valence-corrected chi connectivity index (χ1v) is 6.31. The van der Waals surface area contributed by atoms with Gasteiger partial charge in [-0.2, -0.15) is 11.8 Å². The molecule has 0 aliphatic carbocycles. The summed E-state index contributed by atoms with van der Waals surface area (Å²) in [5.74, 6) is 2.29. The molecule has 0 radical (unpaired) electrons. The van der Waals surface area contributed by atoms with Crippen LogP contribution >= 0.6 is 11.8 Å². The number of aliphatic hydroxyl groups excluding tert-OH is 2. The van der Waals surface area contributed by atoms with E-state index in [0.717, 1.165) is 5.75 Å². The van der Waals surface area contributed by atoms with Crippen LogP contribution in [0.25, 0.3) is 0 Å². The van der Waals surface area contributed by atoms with Crippen LogP contribution in [0.5, 0.6) is 0 Å². The molecule has 0 aromatic heterocycles. The molecule has 3 nitrogen and oxygen atoms in total. The lowest BCUT2D eigenvalue weighted by Crippen LogP contribution is -2.52. The zero-order valence-electron chi connectivity index (χ0n) is 8.99. The van der Waals surface area contributed by atoms with E-state index in [4.69, 9.17) is 10.2 Å². The third-order valence-electron chi connectivity index (χ3n) is 3.00. The Bertz CT molecular complexity index is 172. The van der Waals surface area contributed by atoms with E-state index >= 15 is 0 Å². The second kappa shape index (κ2) is 5.35. The molecule has 1 aliphatic rings. The number of rotatable bonds is 4. The van der Waals surface area contributed by atoms with Crippen molar-refractivity contribution in [2.75, 3.05) is 24.7 Å². The normalized spacial score (nSPS) is 26.8. The van der Waals surface area contributed by atoms with E-state index < -0.39 is 0 Å². The molecule has 1 unspecified atom stereocenters. The molecule has 4 heteroatoms. The average molecular weight is 219 g/mol. The maximum absolute atomic E-state index is 9.00. The maximum atomic E-state index is 9.00. The third kappa shape index (κ3) is 3.12. The van der Waals surface area contributed by atoms with Crippen molar-refractivity contribution >= 4 is 11.8 Å². The minimum Gasteiger partial charge on any atom is -0.395 e. The van der Waals surface area contributed by atoms with Gasteiger partial charge in [-0.3, -0.25) is 0 Å². The van der Waals surface area contributed by atoms with E-state index in [1.807, 2.05) is 11.8 Å². The van der Waals surface area contributed by atoms with E-state index in [1.165, 1.54) is 12.2 Å². The summed E-state index contributed by atoms with van der Waals surface area (Å²) in [5.41, 5.74) is 0.272. The van der Waals surface area contributed by atoms with Crippen LogP contribution in [-0.4, -0.2) is 47.0 Å². The molecule has 0 bridgehead atoms. The van der Waals surface area contributed by atoms with Crippen LogP contribution in [0.1, 0.15) is 20.3 Å². The number of hydrogen-bond donors (Lipinski definition) is 3. The first kappa shape index (κ1) is 12.3. The highest BCUT2D eigenvalue weighted by Crippen LogP contribution is 2.34. The monoisotopic (exact) mass is 219 g/mol. The minimum atomic E-state index is -0.169. The van der Waals surface area contributed by atoms with Gasteiger partial charge >= 0.3 is 0 Å². The number of nitrogens with one attached hydrogen (secondary N) is 1. The number of aliphatic hydroxyl groups is 2. The molecule has 84 valence electrons. The first-order chi connectivity index (χ1) is 6.60. The molecule has 0 spiro atoms. The van der Waals surface area contributed by atoms with Crippen LogP contribution < -0.4 is 5.32 Å². The van der Waals surface area contributed by atoms with Crippen LogP contribution in [-0.2, 0) is 0 Å². The van der Waals surface area contributed by atoms with Crippen LogP contribution in [0.4, 0.5) is 0 Å². The molecule has 1 aliphatic heterocycles. The zero-order valence-corrected chi connectivity index (χ0v) is 9.81. The molecule has 0 aromatic rings. The molecule has 14 heavy (non-hydrogen) atoms. The van der Waals surface area contributed by atoms with E-state index in [0.29, 0.717) is 6.04 Å². The summed E-state index contributed by atoms with van der Waals surface area (Å²) < 4.78 is 0. The fourth-order valence-corrected chi connectivity index (χ4v) is 3.28. The van der Waals surface area contributed by atoms with Gasteiger partial charge in [-0.15, -0.1) is 0 Å². The van der Waals surface area contributed by atoms with Crippen LogP contribution in [0.3, 0.4) is 0 Å². The Morgan fingerprint density at radius 3 is 2.57 bits per heavy atom. The van der Waals surface area contributed by atoms with E-state index in [2.05, 4.69) is 19.2 Å². The molecule has 0 amide bonds. The Labute approximate surface area is 90.3 Å². The molecule has 1 atom stereocenters. The Morgan fingerprint density at radius 2 is 2.07 bits per heavy atom. The summed E-state index contributed by atoms with van der Waals surface area (Å²) in [5, 5.41) is 21.3. The summed E-state index contributed by atoms with van der Waals surface area (Å²) >= 11 is 1.94. The molecule has 1 heterocycles. The van der Waals surface area contributed by atoms with Crippen molar-refractivity contribution in [3.63, 3.8) is 0 Å². The third-order valence-corrected chi connectivity index (χ3v) is 4.06. The molecule has 0 aromatic carbocycles. The summed E-state index contributed by atoms with van der Waals surface area (Å²) in [6.07, 6.45) is 1.19. The van der Waals surface area contributed by atoms with Crippen molar-refractivity contribution in [3.05, 3.63) is 0 Å². The van der Waals surface area contributed by atoms with Crippen molar-refractivity contribution in [1.29, 1.82) is 0 Å². The fraction of sp³-hybridized carbons (Fsp3) is 1.00. The predicted octanol–water partition coefficient (Wildman–Crippen LogP) is 0.461. The largest absolute Gasteiger partial charge is 0.395 e. The second-order valence-electron chi connectivity index (χ2n) is 4.59. The quantitative estimate of drug-likeness (QED) is 0.643. The summed E-state index contributed by atoms with van der Waals surface area (Å²) in [7, 11) is 0. The van der Waals surface area contributed by atoms with Crippen LogP contribution in [0, 0.1) is 5.41 Å². The Kier molecular flexibility index (Phi) is 4.70. The van der Waals surface area contributed by atoms with Gasteiger partial charge in [-0.1, -0.05) is 13.8 Å². The predicted molar refractivity (Wildman–Crippen MR) is 60.6 cm³/mol. The molecule has 1 saturated heterocycles. The van der Waals surface area contributed by atoms with Gasteiger partial charge in [0.25, 0.3) is 0 Å². The van der Waals surface area contributed by atoms with Crippen molar-refractivity contribution < 1.29 is 10.2 Å². The van der Waals surface area contributed by atoms with Crippen molar-refractivity contribution in [2.24, 2.45) is 5.41 Å². The molecule has 1 rings (SSSR count). The highest BCUT2D eigenvalue weighted by atomic mass is 32.2. The standard InChI is InChI=1S/C10H21NO2S/c1-10(2)3-4-14-7-9(10)11-8(5-12)6-13/h8-9,11-13H,3-7H2,1-2H3. The van der Waals surface area contributed by atoms with Gasteiger partial charge in [0.2, 0.25) is 0 Å². The maximum Gasteiger partial charge on any atom is 0.0607 e. The lowest BCUT2D eigenvalue weighted by atomic mass is 9.82. The number of hydrogen-bond acceptors (Lipinski definition) is 4. The minimum absolute atomic E-state index is 0.00769. The average Bonchev–Trinajstić information content (AvgIpc) is 2.16. The van der Waals surface area contributed by atoms with Gasteiger partial charge in [0.05, 0.1) is 19.3 Å². The van der Waals surface area contributed by atoms with Gasteiger partial charge in [-0.25, -0.2) is 0 Å². The SMILES string of the molecule is CC1(C)CCSCC1NC(CO)CO. The number of thioether (sulfide) groups is 1. The first-order valence-electron chi connectivity index (χ1n) is 5.15. The van der Waals surface area contributed by atoms with E-state index in [9.17, 15) is 0 Å². The smallest absolute Gasteiger partial charge is 0.0607 e. The highest BCUT2D eigenvalue weighted by Gasteiger charge is 2.33. The molecule has 0 saturated carbocycles. The topological polar surface area (TPSA) is 52.5 Å². The van der Waals surface area contributed by atoms with Gasteiger partial charge in [0.1, 0.15) is 0 Å². The zero-order chi connectivity index (χ0) is 10.6. The van der Waals surface area contributed by atoms with Crippen LogP contribution in [0.2, 0.25) is 0 Å². The molecule has 3 N–H and O–H groups in total. The highest BCUT2D eigenvalue weighted by molar-refractivity contribution is 7.99. The molecule has 1 fully saturated rings. The van der Waals surface area contributed by atoms with E-state index in [-0.39, 0.29) is 24.7 Å². The summed E-state index contributed by atoms with van der Waals surface area (Å²) in [6.45, 7) is 4.51. The lowest BCUT2D eigenvalue weighted by molar-refractivity contribution is 0.136. The Morgan fingerprint density at radius 1 is 1.43 bits per heavy atom. The van der Waals surface area contributed by atoms with Crippen LogP contribution in [0.15, 0.2) is 0 Å². The Balaban J connectivity index is 2.48. The molecular weight excluding hydrogens is 198 g/mol. The summed E-state index contributed by atoms with van der Waals surface area (Å²) in [4.78, 5) is 0. The van der Waals surface area contributed by atoms with Crippen molar-refractivity contribution in [1.82, 2.24) is 5.32 Å². The molecular formula is C10H21NO2S. The van der Waals surface area contributed by atoms with Gasteiger partial charge in [-0.05, 0) is 17.6 Å². The fourth-order valence-electron chi connectivity index (χ4n) is 1.66. The van der Waals surface area contributed by atoms with Gasteiger partial charge < -0.3 is 15.5 Å². The lowest BCUT2D eigenvalue weighted by Gasteiger charge is -2.40. The van der Waals surface area contributed by atoms with Crippen molar-refractivity contribution in [2.45, 2.75) is 32.4 Å². The second-order valence-corrected chi connectivity index (χ2v) is 5.74. The van der Waals surface area contributed by atoms with Gasteiger partial charge in [0, 0.05) is 11.8 Å². The van der Waals surface area contributed by atoms with Gasteiger partial charge in [0.15, 0.2) is 0 Å². The summed E-state index contributed by atoms with van der Waals surface area (Å²) in [6, 6.07) is 0.225. The van der Waals surface area contributed by atoms with E-state index in [1.54, 1.807) is 0 Å².